The van der Waals surface area contributed by atoms with E-state index in [1.165, 1.54) is 11.1 Å². The van der Waals surface area contributed by atoms with Crippen LogP contribution >= 0.6 is 0 Å². The van der Waals surface area contributed by atoms with Crippen molar-refractivity contribution in [2.24, 2.45) is 0 Å². The van der Waals surface area contributed by atoms with E-state index in [0.29, 0.717) is 34.3 Å². The third-order valence-corrected chi connectivity index (χ3v) is 5.71. The minimum atomic E-state index is -0.228. The first-order valence-electron chi connectivity index (χ1n) is 11.1. The van der Waals surface area contributed by atoms with Gasteiger partial charge in [-0.2, -0.15) is 0 Å². The minimum Gasteiger partial charge on any atom is -0.484 e. The van der Waals surface area contributed by atoms with Crippen LogP contribution in [0.25, 0.3) is 22.6 Å². The molecule has 0 fully saturated rings. The number of benzene rings is 3. The number of carbonyl (C=O) groups is 1. The van der Waals surface area contributed by atoms with E-state index in [4.69, 9.17) is 9.15 Å². The summed E-state index contributed by atoms with van der Waals surface area (Å²) in [5.74, 6) is 1.53. The van der Waals surface area contributed by atoms with Crippen LogP contribution in [0.5, 0.6) is 5.75 Å². The van der Waals surface area contributed by atoms with Gasteiger partial charge in [0.2, 0.25) is 5.89 Å². The maximum atomic E-state index is 12.4. The summed E-state index contributed by atoms with van der Waals surface area (Å²) in [6.07, 6.45) is 2.08. The lowest BCUT2D eigenvalue weighted by molar-refractivity contribution is -0.118. The summed E-state index contributed by atoms with van der Waals surface area (Å²) < 4.78 is 11.5. The molecule has 0 spiro atoms. The van der Waals surface area contributed by atoms with Crippen molar-refractivity contribution >= 4 is 22.7 Å². The van der Waals surface area contributed by atoms with Crippen LogP contribution in [0, 0.1) is 0 Å². The molecule has 1 atom stereocenters. The Bertz CT molecular complexity index is 1190. The Morgan fingerprint density at radius 2 is 1.78 bits per heavy atom. The van der Waals surface area contributed by atoms with Gasteiger partial charge in [0, 0.05) is 11.3 Å². The predicted molar refractivity (Wildman–Crippen MR) is 128 cm³/mol. The van der Waals surface area contributed by atoms with Crippen molar-refractivity contribution in [1.82, 2.24) is 4.98 Å². The number of aryl methyl sites for hydroxylation is 1. The molecule has 0 aliphatic heterocycles. The Morgan fingerprint density at radius 1 is 1.03 bits per heavy atom. The molecule has 5 heteroatoms. The zero-order chi connectivity index (χ0) is 22.5. The fourth-order valence-corrected chi connectivity index (χ4v) is 3.49. The van der Waals surface area contributed by atoms with Crippen molar-refractivity contribution in [3.05, 3.63) is 77.9 Å². The van der Waals surface area contributed by atoms with Crippen LogP contribution in [-0.4, -0.2) is 17.5 Å². The normalized spacial score (nSPS) is 12.0. The highest BCUT2D eigenvalue weighted by Gasteiger charge is 2.11. The van der Waals surface area contributed by atoms with Gasteiger partial charge in [-0.3, -0.25) is 4.79 Å². The molecule has 0 unspecified atom stereocenters. The molecule has 1 N–H and O–H groups in total. The van der Waals surface area contributed by atoms with Gasteiger partial charge in [-0.25, -0.2) is 4.98 Å². The molecule has 32 heavy (non-hydrogen) atoms. The van der Waals surface area contributed by atoms with Crippen molar-refractivity contribution < 1.29 is 13.9 Å². The van der Waals surface area contributed by atoms with E-state index in [9.17, 15) is 4.79 Å². The summed E-state index contributed by atoms with van der Waals surface area (Å²) in [7, 11) is 0. The van der Waals surface area contributed by atoms with Gasteiger partial charge < -0.3 is 14.5 Å². The number of nitrogens with one attached hydrogen (secondary N) is 1. The second-order valence-electron chi connectivity index (χ2n) is 7.97. The molecule has 164 valence electrons. The van der Waals surface area contributed by atoms with Crippen molar-refractivity contribution in [2.45, 2.75) is 39.5 Å². The third-order valence-electron chi connectivity index (χ3n) is 5.71. The topological polar surface area (TPSA) is 64.4 Å². The molecule has 0 saturated carbocycles. The van der Waals surface area contributed by atoms with Crippen molar-refractivity contribution in [1.29, 1.82) is 0 Å². The number of hydrogen-bond donors (Lipinski definition) is 1. The van der Waals surface area contributed by atoms with Gasteiger partial charge in [-0.05, 0) is 72.4 Å². The Hall–Kier alpha value is -3.60. The van der Waals surface area contributed by atoms with Crippen molar-refractivity contribution in [3.8, 4) is 17.2 Å². The maximum Gasteiger partial charge on any atom is 0.262 e. The number of anilines is 1. The first-order chi connectivity index (χ1) is 15.6. The molecule has 0 saturated heterocycles. The highest BCUT2D eigenvalue weighted by Crippen LogP contribution is 2.27. The van der Waals surface area contributed by atoms with E-state index in [1.54, 1.807) is 6.07 Å². The molecule has 0 bridgehead atoms. The quantitative estimate of drug-likeness (QED) is 0.344. The smallest absolute Gasteiger partial charge is 0.262 e. The summed E-state index contributed by atoms with van der Waals surface area (Å²) in [5.41, 5.74) is 5.49. The van der Waals surface area contributed by atoms with Crippen molar-refractivity contribution in [2.75, 3.05) is 11.9 Å². The lowest BCUT2D eigenvalue weighted by atomic mass is 9.99. The first kappa shape index (κ1) is 21.6. The first-order valence-corrected chi connectivity index (χ1v) is 11.1. The van der Waals surface area contributed by atoms with E-state index in [1.807, 2.05) is 48.5 Å². The molecular weight excluding hydrogens is 400 g/mol. The Balaban J connectivity index is 1.38. The maximum absolute atomic E-state index is 12.4. The Labute approximate surface area is 188 Å². The molecule has 0 aliphatic carbocycles. The monoisotopic (exact) mass is 428 g/mol. The average molecular weight is 429 g/mol. The second-order valence-corrected chi connectivity index (χ2v) is 7.97. The molecule has 3 aromatic carbocycles. The highest BCUT2D eigenvalue weighted by molar-refractivity contribution is 5.94. The third kappa shape index (κ3) is 4.99. The summed E-state index contributed by atoms with van der Waals surface area (Å²) in [6, 6.07) is 21.5. The summed E-state index contributed by atoms with van der Waals surface area (Å²) in [4.78, 5) is 16.9. The molecule has 1 heterocycles. The van der Waals surface area contributed by atoms with E-state index < -0.39 is 0 Å². The standard InChI is InChI=1S/C27H28N2O3/c1-4-18(3)20-10-13-23(14-11-20)31-17-26(30)28-22-12-15-25-24(16-22)29-27(32-25)21-8-6-19(5-2)7-9-21/h6-16,18H,4-5,17H2,1-3H3,(H,28,30)/t18-/m0/s1. The minimum absolute atomic E-state index is 0.0610. The lowest BCUT2D eigenvalue weighted by Gasteiger charge is -2.11. The molecule has 5 nitrogen and oxygen atoms in total. The van der Waals surface area contributed by atoms with Gasteiger partial charge in [0.15, 0.2) is 12.2 Å². The molecule has 1 aromatic heterocycles. The number of nitrogens with zero attached hydrogens (tertiary/aromatic N) is 1. The van der Waals surface area contributed by atoms with E-state index in [0.717, 1.165) is 18.4 Å². The molecular formula is C27H28N2O3. The molecule has 4 rings (SSSR count). The van der Waals surface area contributed by atoms with Gasteiger partial charge >= 0.3 is 0 Å². The van der Waals surface area contributed by atoms with Crippen molar-refractivity contribution in [3.63, 3.8) is 0 Å². The molecule has 4 aromatic rings. The number of rotatable bonds is 8. The number of fused-ring (bicyclic) bond motifs is 1. The highest BCUT2D eigenvalue weighted by atomic mass is 16.5. The van der Waals surface area contributed by atoms with Gasteiger partial charge in [-0.15, -0.1) is 0 Å². The number of ether oxygens (including phenoxy) is 1. The van der Waals surface area contributed by atoms with E-state index in [-0.39, 0.29) is 12.5 Å². The number of amides is 1. The SMILES string of the molecule is CCc1ccc(-c2nc3cc(NC(=O)COc4ccc([C@@H](C)CC)cc4)ccc3o2)cc1. The summed E-state index contributed by atoms with van der Waals surface area (Å²) in [6.45, 7) is 6.42. The second kappa shape index (κ2) is 9.69. The zero-order valence-corrected chi connectivity index (χ0v) is 18.7. The van der Waals surface area contributed by atoms with Crippen LogP contribution in [0.2, 0.25) is 0 Å². The number of oxazole rings is 1. The molecule has 0 aliphatic rings. The molecule has 1 amide bonds. The predicted octanol–water partition coefficient (Wildman–Crippen LogP) is 6.59. The van der Waals surface area contributed by atoms with Gasteiger partial charge in [0.05, 0.1) is 0 Å². The van der Waals surface area contributed by atoms with Gasteiger partial charge in [-0.1, -0.05) is 45.0 Å². The fraction of sp³-hybridized carbons (Fsp3) is 0.259. The van der Waals surface area contributed by atoms with Crippen LogP contribution in [0.1, 0.15) is 44.2 Å². The number of hydrogen-bond acceptors (Lipinski definition) is 4. The van der Waals surface area contributed by atoms with Gasteiger partial charge in [0.25, 0.3) is 5.91 Å². The van der Waals surface area contributed by atoms with E-state index >= 15 is 0 Å². The average Bonchev–Trinajstić information content (AvgIpc) is 3.26. The summed E-state index contributed by atoms with van der Waals surface area (Å²) in [5, 5.41) is 2.86. The Kier molecular flexibility index (Phi) is 6.55. The summed E-state index contributed by atoms with van der Waals surface area (Å²) >= 11 is 0. The van der Waals surface area contributed by atoms with Crippen LogP contribution in [0.4, 0.5) is 5.69 Å². The number of aromatic nitrogens is 1. The number of carbonyl (C=O) groups excluding carboxylic acids is 1. The lowest BCUT2D eigenvalue weighted by Crippen LogP contribution is -2.20. The molecule has 0 radical (unpaired) electrons. The van der Waals surface area contributed by atoms with E-state index in [2.05, 4.69) is 43.2 Å². The van der Waals surface area contributed by atoms with Gasteiger partial charge in [0.1, 0.15) is 11.3 Å². The zero-order valence-electron chi connectivity index (χ0n) is 18.7. The van der Waals surface area contributed by atoms with Crippen LogP contribution in [-0.2, 0) is 11.2 Å². The fourth-order valence-electron chi connectivity index (χ4n) is 3.49. The largest absolute Gasteiger partial charge is 0.484 e. The van der Waals surface area contributed by atoms with Crippen LogP contribution in [0.15, 0.2) is 71.1 Å². The Morgan fingerprint density at radius 3 is 2.47 bits per heavy atom. The van der Waals surface area contributed by atoms with Crippen LogP contribution < -0.4 is 10.1 Å². The van der Waals surface area contributed by atoms with Crippen LogP contribution in [0.3, 0.4) is 0 Å².